The van der Waals surface area contributed by atoms with E-state index in [0.29, 0.717) is 19.3 Å². The summed E-state index contributed by atoms with van der Waals surface area (Å²) in [6, 6.07) is 0. The Balaban J connectivity index is 4.36. The molecule has 0 bridgehead atoms. The molecular formula is C65H118O6. The Morgan fingerprint density at radius 2 is 0.507 bits per heavy atom. The molecule has 0 aromatic heterocycles. The zero-order valence-electron chi connectivity index (χ0n) is 47.5. The second kappa shape index (κ2) is 59.9. The van der Waals surface area contributed by atoms with Gasteiger partial charge in [0.1, 0.15) is 13.2 Å². The van der Waals surface area contributed by atoms with Crippen LogP contribution >= 0.6 is 0 Å². The fourth-order valence-electron chi connectivity index (χ4n) is 9.05. The number of carbonyl (C=O) groups excluding carboxylic acids is 3. The van der Waals surface area contributed by atoms with Crippen LogP contribution in [-0.4, -0.2) is 37.2 Å². The highest BCUT2D eigenvalue weighted by atomic mass is 16.6. The van der Waals surface area contributed by atoms with Crippen LogP contribution < -0.4 is 0 Å². The van der Waals surface area contributed by atoms with Crippen LogP contribution in [0.15, 0.2) is 48.6 Å². The molecule has 0 rings (SSSR count). The largest absolute Gasteiger partial charge is 0.462 e. The summed E-state index contributed by atoms with van der Waals surface area (Å²) in [7, 11) is 0. The van der Waals surface area contributed by atoms with E-state index in [2.05, 4.69) is 69.4 Å². The maximum Gasteiger partial charge on any atom is 0.306 e. The van der Waals surface area contributed by atoms with E-state index in [9.17, 15) is 14.4 Å². The van der Waals surface area contributed by atoms with Crippen molar-refractivity contribution < 1.29 is 28.6 Å². The number of carbonyl (C=O) groups is 3. The first-order valence-corrected chi connectivity index (χ1v) is 31.1. The van der Waals surface area contributed by atoms with E-state index in [0.717, 1.165) is 77.0 Å². The van der Waals surface area contributed by atoms with Gasteiger partial charge in [0.15, 0.2) is 6.10 Å². The van der Waals surface area contributed by atoms with E-state index in [4.69, 9.17) is 14.2 Å². The number of allylic oxidation sites excluding steroid dienone is 8. The van der Waals surface area contributed by atoms with Gasteiger partial charge in [-0.3, -0.25) is 14.4 Å². The van der Waals surface area contributed by atoms with Gasteiger partial charge >= 0.3 is 17.9 Å². The summed E-state index contributed by atoms with van der Waals surface area (Å²) in [5, 5.41) is 0. The van der Waals surface area contributed by atoms with Gasteiger partial charge in [0.2, 0.25) is 0 Å². The highest BCUT2D eigenvalue weighted by molar-refractivity contribution is 5.71. The molecule has 414 valence electrons. The highest BCUT2D eigenvalue weighted by Crippen LogP contribution is 2.16. The summed E-state index contributed by atoms with van der Waals surface area (Å²) in [4.78, 5) is 38.3. The van der Waals surface area contributed by atoms with Crippen molar-refractivity contribution in [1.82, 2.24) is 0 Å². The normalized spacial score (nSPS) is 12.3. The number of rotatable bonds is 57. The molecule has 0 spiro atoms. The summed E-state index contributed by atoms with van der Waals surface area (Å²) in [5.41, 5.74) is 0. The topological polar surface area (TPSA) is 78.9 Å². The zero-order valence-corrected chi connectivity index (χ0v) is 47.5. The Kier molecular flexibility index (Phi) is 57.7. The Morgan fingerprint density at radius 1 is 0.282 bits per heavy atom. The van der Waals surface area contributed by atoms with Crippen molar-refractivity contribution in [3.63, 3.8) is 0 Å². The average Bonchev–Trinajstić information content (AvgIpc) is 3.37. The number of esters is 3. The maximum absolute atomic E-state index is 12.9. The maximum atomic E-state index is 12.9. The molecule has 6 heteroatoms. The molecule has 71 heavy (non-hydrogen) atoms. The second-order valence-electron chi connectivity index (χ2n) is 21.0. The third-order valence-corrected chi connectivity index (χ3v) is 13.8. The minimum Gasteiger partial charge on any atom is -0.462 e. The van der Waals surface area contributed by atoms with Gasteiger partial charge in [0.05, 0.1) is 0 Å². The monoisotopic (exact) mass is 995 g/mol. The molecule has 6 nitrogen and oxygen atoms in total. The van der Waals surface area contributed by atoms with E-state index in [-0.39, 0.29) is 31.1 Å². The van der Waals surface area contributed by atoms with Crippen LogP contribution in [0.4, 0.5) is 0 Å². The van der Waals surface area contributed by atoms with Crippen molar-refractivity contribution in [3.8, 4) is 0 Å². The average molecular weight is 996 g/mol. The summed E-state index contributed by atoms with van der Waals surface area (Å²) < 4.78 is 16.9. The predicted octanol–water partition coefficient (Wildman–Crippen LogP) is 21.0. The van der Waals surface area contributed by atoms with Gasteiger partial charge < -0.3 is 14.2 Å². The molecular weight excluding hydrogens is 877 g/mol. The summed E-state index contributed by atoms with van der Waals surface area (Å²) in [6.45, 7) is 6.63. The third kappa shape index (κ3) is 58.1. The van der Waals surface area contributed by atoms with Crippen molar-refractivity contribution in [2.24, 2.45) is 0 Å². The summed E-state index contributed by atoms with van der Waals surface area (Å²) >= 11 is 0. The van der Waals surface area contributed by atoms with Crippen LogP contribution in [0.2, 0.25) is 0 Å². The van der Waals surface area contributed by atoms with Crippen LogP contribution in [0.1, 0.15) is 329 Å². The van der Waals surface area contributed by atoms with Crippen molar-refractivity contribution in [2.75, 3.05) is 13.2 Å². The van der Waals surface area contributed by atoms with Crippen molar-refractivity contribution in [2.45, 2.75) is 335 Å². The van der Waals surface area contributed by atoms with Crippen LogP contribution in [0.3, 0.4) is 0 Å². The molecule has 0 saturated carbocycles. The SMILES string of the molecule is CCCCC/C=C/C/C=C/CCCCCCCC(=O)OC[C@H](COC(=O)CCCCCCCCCCC/C=C/CCCCCCCC)OC(=O)CCCCCCCCCCC/C=C/CCCCCCCC. The van der Waals surface area contributed by atoms with Crippen molar-refractivity contribution in [3.05, 3.63) is 48.6 Å². The van der Waals surface area contributed by atoms with Gasteiger partial charge in [-0.1, -0.05) is 256 Å². The molecule has 0 aromatic carbocycles. The predicted molar refractivity (Wildman–Crippen MR) is 307 cm³/mol. The lowest BCUT2D eigenvalue weighted by Gasteiger charge is -2.18. The lowest BCUT2D eigenvalue weighted by Crippen LogP contribution is -2.30. The molecule has 0 unspecified atom stereocenters. The minimum atomic E-state index is -0.781. The molecule has 0 amide bonds. The molecule has 0 saturated heterocycles. The van der Waals surface area contributed by atoms with Gasteiger partial charge in [-0.05, 0) is 103 Å². The molecule has 0 heterocycles. The standard InChI is InChI=1S/C65H118O6/c1-4-7-10-13-16-19-22-25-28-30-32-34-37-40-43-46-49-52-55-58-64(67)70-61-62(60-69-63(66)57-54-51-48-45-42-39-36-27-24-21-18-15-12-9-6-3)71-65(68)59-56-53-50-47-44-41-38-35-33-31-29-26-23-20-17-14-11-8-5-2/h18,21,25-29,36,62H,4-17,19-20,22-24,30-35,37-61H2,1-3H3/b21-18+,28-25+,29-26+,36-27+/t62-/m1/s1. The molecule has 1 atom stereocenters. The Morgan fingerprint density at radius 3 is 0.817 bits per heavy atom. The fourth-order valence-corrected chi connectivity index (χ4v) is 9.05. The summed E-state index contributed by atoms with van der Waals surface area (Å²) in [6.07, 6.45) is 73.9. The molecule has 0 fully saturated rings. The van der Waals surface area contributed by atoms with Crippen molar-refractivity contribution >= 4 is 17.9 Å². The molecule has 0 radical (unpaired) electrons. The number of unbranched alkanes of at least 4 members (excludes halogenated alkanes) is 38. The first kappa shape index (κ1) is 68.4. The molecule has 0 N–H and O–H groups in total. The Labute approximate surface area is 441 Å². The number of hydrogen-bond donors (Lipinski definition) is 0. The van der Waals surface area contributed by atoms with Crippen LogP contribution in [-0.2, 0) is 28.6 Å². The molecule has 0 aliphatic heterocycles. The van der Waals surface area contributed by atoms with E-state index < -0.39 is 6.10 Å². The fraction of sp³-hybridized carbons (Fsp3) is 0.831. The Bertz CT molecular complexity index is 1230. The van der Waals surface area contributed by atoms with E-state index in [1.807, 2.05) is 0 Å². The molecule has 0 aromatic rings. The lowest BCUT2D eigenvalue weighted by atomic mass is 10.1. The van der Waals surface area contributed by atoms with Gasteiger partial charge in [-0.15, -0.1) is 0 Å². The third-order valence-electron chi connectivity index (χ3n) is 13.8. The number of ether oxygens (including phenoxy) is 3. The van der Waals surface area contributed by atoms with E-state index in [1.165, 1.54) is 212 Å². The van der Waals surface area contributed by atoms with Gasteiger partial charge in [-0.2, -0.15) is 0 Å². The zero-order chi connectivity index (χ0) is 51.4. The van der Waals surface area contributed by atoms with Gasteiger partial charge in [0, 0.05) is 19.3 Å². The quantitative estimate of drug-likeness (QED) is 0.0261. The molecule has 0 aliphatic carbocycles. The Hall–Kier alpha value is -2.63. The first-order valence-electron chi connectivity index (χ1n) is 31.1. The smallest absolute Gasteiger partial charge is 0.306 e. The summed E-state index contributed by atoms with van der Waals surface area (Å²) in [5.74, 6) is -0.878. The van der Waals surface area contributed by atoms with Crippen LogP contribution in [0.5, 0.6) is 0 Å². The van der Waals surface area contributed by atoms with E-state index >= 15 is 0 Å². The first-order chi connectivity index (χ1) is 35.0. The second-order valence-corrected chi connectivity index (χ2v) is 21.0. The van der Waals surface area contributed by atoms with Gasteiger partial charge in [0.25, 0.3) is 0 Å². The highest BCUT2D eigenvalue weighted by Gasteiger charge is 2.19. The van der Waals surface area contributed by atoms with Crippen LogP contribution in [0, 0.1) is 0 Å². The van der Waals surface area contributed by atoms with Gasteiger partial charge in [-0.25, -0.2) is 0 Å². The lowest BCUT2D eigenvalue weighted by molar-refractivity contribution is -0.167. The van der Waals surface area contributed by atoms with Crippen LogP contribution in [0.25, 0.3) is 0 Å². The molecule has 0 aliphatic rings. The van der Waals surface area contributed by atoms with E-state index in [1.54, 1.807) is 0 Å². The minimum absolute atomic E-state index is 0.0774. The van der Waals surface area contributed by atoms with Crippen molar-refractivity contribution in [1.29, 1.82) is 0 Å². The number of hydrogen-bond acceptors (Lipinski definition) is 6.